The summed E-state index contributed by atoms with van der Waals surface area (Å²) in [5, 5.41) is 0. The van der Waals surface area contributed by atoms with Gasteiger partial charge in [-0.25, -0.2) is 4.39 Å². The zero-order chi connectivity index (χ0) is 20.8. The molecule has 160 valence electrons. The lowest BCUT2D eigenvalue weighted by Crippen LogP contribution is -2.55. The van der Waals surface area contributed by atoms with Crippen molar-refractivity contribution in [2.24, 2.45) is 0 Å². The third kappa shape index (κ3) is 5.41. The van der Waals surface area contributed by atoms with E-state index in [9.17, 15) is 4.39 Å². The molecule has 2 heterocycles. The normalized spacial score (nSPS) is 21.3. The number of rotatable bonds is 6. The van der Waals surface area contributed by atoms with Gasteiger partial charge in [0.05, 0.1) is 7.11 Å². The van der Waals surface area contributed by atoms with Gasteiger partial charge in [-0.3, -0.25) is 9.80 Å². The first-order valence-corrected chi connectivity index (χ1v) is 11.0. The Morgan fingerprint density at radius 3 is 2.40 bits per heavy atom. The molecule has 0 unspecified atom stereocenters. The maximum Gasteiger partial charge on any atom is 0.123 e. The number of piperazine rings is 1. The van der Waals surface area contributed by atoms with Gasteiger partial charge in [0, 0.05) is 51.0 Å². The number of anilines is 1. The molecule has 0 amide bonds. The fourth-order valence-corrected chi connectivity index (χ4v) is 4.55. The molecule has 2 saturated heterocycles. The lowest BCUT2D eigenvalue weighted by Gasteiger charge is -2.43. The lowest BCUT2D eigenvalue weighted by atomic mass is 10.0. The maximum absolute atomic E-state index is 13.0. The summed E-state index contributed by atoms with van der Waals surface area (Å²) in [6.07, 6.45) is 6.85. The molecule has 0 spiro atoms. The van der Waals surface area contributed by atoms with Crippen LogP contribution in [-0.2, 0) is 0 Å². The van der Waals surface area contributed by atoms with Crippen LogP contribution in [0, 0.1) is 5.82 Å². The monoisotopic (exact) mass is 409 g/mol. The number of halogens is 1. The smallest absolute Gasteiger partial charge is 0.123 e. The highest BCUT2D eigenvalue weighted by Gasteiger charge is 2.27. The molecular weight excluding hydrogens is 377 g/mol. The number of hydrogen-bond acceptors (Lipinski definition) is 4. The van der Waals surface area contributed by atoms with Crippen LogP contribution < -0.4 is 9.64 Å². The van der Waals surface area contributed by atoms with Crippen molar-refractivity contribution >= 4 is 11.8 Å². The minimum absolute atomic E-state index is 0.182. The predicted octanol–water partition coefficient (Wildman–Crippen LogP) is 4.13. The van der Waals surface area contributed by atoms with E-state index in [-0.39, 0.29) is 5.82 Å². The summed E-state index contributed by atoms with van der Waals surface area (Å²) >= 11 is 0. The van der Waals surface area contributed by atoms with Crippen LogP contribution in [0.25, 0.3) is 6.08 Å². The molecule has 0 N–H and O–H groups in total. The van der Waals surface area contributed by atoms with E-state index in [1.807, 2.05) is 24.3 Å². The van der Waals surface area contributed by atoms with Gasteiger partial charge in [0.15, 0.2) is 0 Å². The number of ether oxygens (including phenoxy) is 1. The van der Waals surface area contributed by atoms with Gasteiger partial charge in [-0.1, -0.05) is 24.3 Å². The second kappa shape index (κ2) is 10.1. The third-order valence-corrected chi connectivity index (χ3v) is 6.29. The Labute approximate surface area is 179 Å². The summed E-state index contributed by atoms with van der Waals surface area (Å²) in [5.74, 6) is 0.728. The Hall–Kier alpha value is -2.37. The molecule has 0 aliphatic carbocycles. The van der Waals surface area contributed by atoms with Crippen LogP contribution in [0.15, 0.2) is 54.6 Å². The average molecular weight is 410 g/mol. The second-order valence-electron chi connectivity index (χ2n) is 8.23. The zero-order valence-corrected chi connectivity index (χ0v) is 17.8. The summed E-state index contributed by atoms with van der Waals surface area (Å²) in [4.78, 5) is 7.70. The highest BCUT2D eigenvalue weighted by Crippen LogP contribution is 2.23. The van der Waals surface area contributed by atoms with Crippen molar-refractivity contribution in [3.63, 3.8) is 0 Å². The van der Waals surface area contributed by atoms with E-state index in [0.717, 1.165) is 57.1 Å². The molecule has 2 aromatic carbocycles. The number of piperidine rings is 1. The van der Waals surface area contributed by atoms with E-state index in [2.05, 4.69) is 39.0 Å². The minimum Gasteiger partial charge on any atom is -0.497 e. The molecule has 2 aliphatic heterocycles. The van der Waals surface area contributed by atoms with Gasteiger partial charge in [-0.2, -0.15) is 0 Å². The van der Waals surface area contributed by atoms with Crippen molar-refractivity contribution in [1.82, 2.24) is 9.80 Å². The van der Waals surface area contributed by atoms with Crippen LogP contribution in [0.2, 0.25) is 0 Å². The highest BCUT2D eigenvalue weighted by molar-refractivity contribution is 5.50. The first-order chi connectivity index (χ1) is 14.7. The molecule has 4 rings (SSSR count). The minimum atomic E-state index is -0.182. The summed E-state index contributed by atoms with van der Waals surface area (Å²) in [7, 11) is 1.71. The van der Waals surface area contributed by atoms with Crippen LogP contribution in [0.5, 0.6) is 5.75 Å². The fourth-order valence-electron chi connectivity index (χ4n) is 4.55. The number of nitrogens with zero attached hydrogens (tertiary/aromatic N) is 3. The fraction of sp³-hybridized carbons (Fsp3) is 0.440. The standard InChI is InChI=1S/C25H32FN3O/c1-30-25-12-10-23(11-13-25)28-16-18-29(19-17-28)24-5-3-15-27(20-24)14-2-4-21-6-8-22(26)9-7-21/h2,4,6-13,24H,3,5,14-20H2,1H3/b4-2+/t24-/m1/s1. The molecular formula is C25H32FN3O. The summed E-state index contributed by atoms with van der Waals surface area (Å²) in [6, 6.07) is 15.7. The van der Waals surface area contributed by atoms with Gasteiger partial charge in [-0.15, -0.1) is 0 Å². The van der Waals surface area contributed by atoms with Crippen LogP contribution >= 0.6 is 0 Å². The molecule has 0 bridgehead atoms. The summed E-state index contributed by atoms with van der Waals surface area (Å²) in [6.45, 7) is 7.65. The van der Waals surface area contributed by atoms with Crippen LogP contribution in [0.3, 0.4) is 0 Å². The first-order valence-electron chi connectivity index (χ1n) is 11.0. The van der Waals surface area contributed by atoms with Crippen LogP contribution in [-0.4, -0.2) is 68.8 Å². The summed E-state index contributed by atoms with van der Waals surface area (Å²) < 4.78 is 18.3. The molecule has 4 nitrogen and oxygen atoms in total. The molecule has 1 atom stereocenters. The number of benzene rings is 2. The van der Waals surface area contributed by atoms with Crippen molar-refractivity contribution in [2.45, 2.75) is 18.9 Å². The molecule has 0 radical (unpaired) electrons. The zero-order valence-electron chi connectivity index (χ0n) is 17.8. The molecule has 2 aromatic rings. The Kier molecular flexibility index (Phi) is 7.03. The Balaban J connectivity index is 1.25. The van der Waals surface area contributed by atoms with Gasteiger partial charge in [0.2, 0.25) is 0 Å². The Morgan fingerprint density at radius 2 is 1.70 bits per heavy atom. The van der Waals surface area contributed by atoms with E-state index in [1.54, 1.807) is 7.11 Å². The lowest BCUT2D eigenvalue weighted by molar-refractivity contribution is 0.0991. The molecule has 2 aliphatic rings. The Bertz CT molecular complexity index is 813. The molecule has 0 saturated carbocycles. The maximum atomic E-state index is 13.0. The van der Waals surface area contributed by atoms with E-state index >= 15 is 0 Å². The number of methoxy groups -OCH3 is 1. The van der Waals surface area contributed by atoms with Gasteiger partial charge in [0.1, 0.15) is 11.6 Å². The third-order valence-electron chi connectivity index (χ3n) is 6.29. The van der Waals surface area contributed by atoms with Crippen molar-refractivity contribution < 1.29 is 9.13 Å². The van der Waals surface area contributed by atoms with Crippen molar-refractivity contribution in [2.75, 3.05) is 57.8 Å². The SMILES string of the molecule is COc1ccc(N2CCN([C@@H]3CCCN(C/C=C/c4ccc(F)cc4)C3)CC2)cc1. The van der Waals surface area contributed by atoms with Gasteiger partial charge >= 0.3 is 0 Å². The Morgan fingerprint density at radius 1 is 0.967 bits per heavy atom. The predicted molar refractivity (Wildman–Crippen MR) is 122 cm³/mol. The largest absolute Gasteiger partial charge is 0.497 e. The molecule has 30 heavy (non-hydrogen) atoms. The number of likely N-dealkylation sites (tertiary alicyclic amines) is 1. The van der Waals surface area contributed by atoms with Gasteiger partial charge in [0.25, 0.3) is 0 Å². The average Bonchev–Trinajstić information content (AvgIpc) is 2.81. The van der Waals surface area contributed by atoms with Gasteiger partial charge < -0.3 is 9.64 Å². The van der Waals surface area contributed by atoms with Crippen molar-refractivity contribution in [3.05, 3.63) is 66.0 Å². The molecule has 5 heteroatoms. The van der Waals surface area contributed by atoms with E-state index in [1.165, 1.54) is 30.7 Å². The van der Waals surface area contributed by atoms with E-state index in [0.29, 0.717) is 6.04 Å². The first kappa shape index (κ1) is 20.9. The summed E-state index contributed by atoms with van der Waals surface area (Å²) in [5.41, 5.74) is 2.34. The van der Waals surface area contributed by atoms with Crippen LogP contribution in [0.1, 0.15) is 18.4 Å². The topological polar surface area (TPSA) is 19.0 Å². The molecule has 2 fully saturated rings. The van der Waals surface area contributed by atoms with Crippen molar-refractivity contribution in [1.29, 1.82) is 0 Å². The second-order valence-corrected chi connectivity index (χ2v) is 8.23. The molecule has 0 aromatic heterocycles. The number of hydrogen-bond donors (Lipinski definition) is 0. The highest BCUT2D eigenvalue weighted by atomic mass is 19.1. The van der Waals surface area contributed by atoms with E-state index < -0.39 is 0 Å². The quantitative estimate of drug-likeness (QED) is 0.714. The van der Waals surface area contributed by atoms with Gasteiger partial charge in [-0.05, 0) is 61.3 Å². The van der Waals surface area contributed by atoms with Crippen LogP contribution in [0.4, 0.5) is 10.1 Å². The van der Waals surface area contributed by atoms with Crippen molar-refractivity contribution in [3.8, 4) is 5.75 Å². The van der Waals surface area contributed by atoms with E-state index in [4.69, 9.17) is 4.74 Å².